The van der Waals surface area contributed by atoms with Crippen LogP contribution in [0.4, 0.5) is 0 Å². The predicted octanol–water partition coefficient (Wildman–Crippen LogP) is 1.63. The van der Waals surface area contributed by atoms with Crippen LogP contribution in [-0.2, 0) is 9.84 Å². The van der Waals surface area contributed by atoms with E-state index >= 15 is 0 Å². The Kier molecular flexibility index (Phi) is 4.01. The molecule has 1 atom stereocenters. The van der Waals surface area contributed by atoms with Crippen molar-refractivity contribution in [1.29, 1.82) is 0 Å². The summed E-state index contributed by atoms with van der Waals surface area (Å²) in [6.07, 6.45) is 0.451. The number of H-pyrrole nitrogens is 1. The molecular formula is C15H19N3O4S. The predicted molar refractivity (Wildman–Crippen MR) is 84.8 cm³/mol. The summed E-state index contributed by atoms with van der Waals surface area (Å²) in [6.45, 7) is 4.01. The topological polar surface area (TPSA) is 96.3 Å². The van der Waals surface area contributed by atoms with Gasteiger partial charge in [-0.2, -0.15) is 5.10 Å². The van der Waals surface area contributed by atoms with Crippen LogP contribution in [0, 0.1) is 6.92 Å². The van der Waals surface area contributed by atoms with Gasteiger partial charge in [0.15, 0.2) is 21.3 Å². The molecule has 0 aliphatic carbocycles. The van der Waals surface area contributed by atoms with Crippen LogP contribution >= 0.6 is 0 Å². The lowest BCUT2D eigenvalue weighted by Crippen LogP contribution is -2.41. The third-order valence-electron chi connectivity index (χ3n) is 3.95. The summed E-state index contributed by atoms with van der Waals surface area (Å²) in [5.74, 6) is 1.24. The number of carbonyl (C=O) groups excluding carboxylic acids is 1. The van der Waals surface area contributed by atoms with Crippen LogP contribution in [0.3, 0.4) is 0 Å². The van der Waals surface area contributed by atoms with Gasteiger partial charge in [-0.3, -0.25) is 9.89 Å². The van der Waals surface area contributed by atoms with Crippen molar-refractivity contribution in [3.05, 3.63) is 29.7 Å². The summed E-state index contributed by atoms with van der Waals surface area (Å²) >= 11 is 0. The van der Waals surface area contributed by atoms with Gasteiger partial charge in [-0.25, -0.2) is 8.42 Å². The minimum absolute atomic E-state index is 0.00655. The molecule has 1 aliphatic heterocycles. The first-order valence-corrected chi connectivity index (χ1v) is 9.31. The van der Waals surface area contributed by atoms with Crippen LogP contribution in [0.5, 0.6) is 0 Å². The lowest BCUT2D eigenvalue weighted by Gasteiger charge is -2.25. The second kappa shape index (κ2) is 5.84. The zero-order chi connectivity index (χ0) is 16.6. The van der Waals surface area contributed by atoms with Gasteiger partial charge in [0.05, 0.1) is 11.5 Å². The Morgan fingerprint density at radius 3 is 2.91 bits per heavy atom. The number of furan rings is 1. The first kappa shape index (κ1) is 15.8. The van der Waals surface area contributed by atoms with E-state index < -0.39 is 9.84 Å². The Morgan fingerprint density at radius 2 is 2.22 bits per heavy atom. The van der Waals surface area contributed by atoms with Crippen LogP contribution in [0.25, 0.3) is 11.5 Å². The number of hydrogen-bond donors (Lipinski definition) is 1. The molecule has 23 heavy (non-hydrogen) atoms. The Labute approximate surface area is 134 Å². The molecule has 0 bridgehead atoms. The largest absolute Gasteiger partial charge is 0.460 e. The number of hydrogen-bond acceptors (Lipinski definition) is 5. The van der Waals surface area contributed by atoms with Crippen LogP contribution < -0.4 is 0 Å². The first-order valence-electron chi connectivity index (χ1n) is 7.49. The van der Waals surface area contributed by atoms with Gasteiger partial charge in [-0.15, -0.1) is 0 Å². The third-order valence-corrected chi connectivity index (χ3v) is 5.85. The fourth-order valence-corrected chi connectivity index (χ4v) is 4.45. The van der Waals surface area contributed by atoms with Gasteiger partial charge >= 0.3 is 0 Å². The van der Waals surface area contributed by atoms with Gasteiger partial charge in [0, 0.05) is 18.7 Å². The zero-order valence-electron chi connectivity index (χ0n) is 13.1. The minimum Gasteiger partial charge on any atom is -0.460 e. The van der Waals surface area contributed by atoms with E-state index in [0.29, 0.717) is 24.4 Å². The molecule has 2 aromatic rings. The summed E-state index contributed by atoms with van der Waals surface area (Å²) < 4.78 is 29.1. The molecule has 7 nitrogen and oxygen atoms in total. The van der Waals surface area contributed by atoms with Gasteiger partial charge in [0.25, 0.3) is 5.91 Å². The van der Waals surface area contributed by atoms with E-state index in [1.165, 1.54) is 0 Å². The molecule has 1 amide bonds. The molecule has 8 heteroatoms. The Balaban J connectivity index is 1.82. The molecule has 124 valence electrons. The second-order valence-corrected chi connectivity index (χ2v) is 8.12. The molecule has 0 radical (unpaired) electrons. The maximum atomic E-state index is 12.6. The highest BCUT2D eigenvalue weighted by atomic mass is 32.2. The molecule has 0 saturated carbocycles. The van der Waals surface area contributed by atoms with Gasteiger partial charge < -0.3 is 9.32 Å². The molecule has 1 N–H and O–H groups in total. The number of rotatable bonds is 2. The van der Waals surface area contributed by atoms with Crippen molar-refractivity contribution in [1.82, 2.24) is 15.1 Å². The number of aryl methyl sites for hydroxylation is 1. The maximum absolute atomic E-state index is 12.6. The van der Waals surface area contributed by atoms with Crippen LogP contribution in [-0.4, -0.2) is 53.5 Å². The van der Waals surface area contributed by atoms with Gasteiger partial charge in [-0.1, -0.05) is 0 Å². The van der Waals surface area contributed by atoms with Crippen LogP contribution in [0.15, 0.2) is 22.6 Å². The summed E-state index contributed by atoms with van der Waals surface area (Å²) in [4.78, 5) is 14.2. The lowest BCUT2D eigenvalue weighted by molar-refractivity contribution is 0.0706. The molecule has 3 rings (SSSR count). The average Bonchev–Trinajstić information content (AvgIpc) is 3.07. The fraction of sp³-hybridized carbons (Fsp3) is 0.467. The van der Waals surface area contributed by atoms with Crippen molar-refractivity contribution in [3.63, 3.8) is 0 Å². The third kappa shape index (κ3) is 3.31. The van der Waals surface area contributed by atoms with E-state index in [1.54, 1.807) is 24.0 Å². The number of carbonyl (C=O) groups is 1. The maximum Gasteiger partial charge on any atom is 0.274 e. The fourth-order valence-electron chi connectivity index (χ4n) is 2.80. The zero-order valence-corrected chi connectivity index (χ0v) is 13.9. The molecular weight excluding hydrogens is 318 g/mol. The van der Waals surface area contributed by atoms with E-state index in [1.807, 2.05) is 13.0 Å². The number of aromatic nitrogens is 2. The Morgan fingerprint density at radius 1 is 1.43 bits per heavy atom. The number of nitrogens with zero attached hydrogens (tertiary/aromatic N) is 2. The highest BCUT2D eigenvalue weighted by Gasteiger charge is 2.30. The van der Waals surface area contributed by atoms with Crippen molar-refractivity contribution < 1.29 is 17.6 Å². The molecule has 1 saturated heterocycles. The Bertz CT molecular complexity index is 821. The van der Waals surface area contributed by atoms with Crippen molar-refractivity contribution in [2.24, 2.45) is 0 Å². The lowest BCUT2D eigenvalue weighted by atomic mass is 10.2. The minimum atomic E-state index is -3.09. The van der Waals surface area contributed by atoms with E-state index in [4.69, 9.17) is 4.42 Å². The standard InChI is InChI=1S/C15H19N3O4S/c1-10-9-23(20,21)7-3-6-18(10)15(19)13-8-12(16-17-13)14-5-4-11(2)22-14/h4-5,8,10H,3,6-7,9H2,1-2H3,(H,16,17). The van der Waals surface area contributed by atoms with Crippen LogP contribution in [0.2, 0.25) is 0 Å². The number of sulfone groups is 1. The average molecular weight is 337 g/mol. The molecule has 0 spiro atoms. The van der Waals surface area contributed by atoms with Crippen molar-refractivity contribution in [3.8, 4) is 11.5 Å². The molecule has 1 fully saturated rings. The van der Waals surface area contributed by atoms with Crippen molar-refractivity contribution in [2.75, 3.05) is 18.1 Å². The van der Waals surface area contributed by atoms with E-state index in [-0.39, 0.29) is 29.1 Å². The normalized spacial score (nSPS) is 21.1. The van der Waals surface area contributed by atoms with Gasteiger partial charge in [-0.05, 0) is 32.4 Å². The first-order chi connectivity index (χ1) is 10.9. The van der Waals surface area contributed by atoms with Gasteiger partial charge in [0.2, 0.25) is 0 Å². The number of amides is 1. The van der Waals surface area contributed by atoms with Crippen LogP contribution in [0.1, 0.15) is 29.6 Å². The molecule has 2 aromatic heterocycles. The molecule has 0 aromatic carbocycles. The Hall–Kier alpha value is -2.09. The smallest absolute Gasteiger partial charge is 0.274 e. The number of aromatic amines is 1. The highest BCUT2D eigenvalue weighted by molar-refractivity contribution is 7.91. The van der Waals surface area contributed by atoms with Gasteiger partial charge in [0.1, 0.15) is 11.5 Å². The quantitative estimate of drug-likeness (QED) is 0.898. The molecule has 1 unspecified atom stereocenters. The summed E-state index contributed by atoms with van der Waals surface area (Å²) in [6, 6.07) is 4.91. The van der Waals surface area contributed by atoms with E-state index in [2.05, 4.69) is 10.2 Å². The monoisotopic (exact) mass is 337 g/mol. The highest BCUT2D eigenvalue weighted by Crippen LogP contribution is 2.22. The number of nitrogens with one attached hydrogen (secondary N) is 1. The summed E-state index contributed by atoms with van der Waals surface area (Å²) in [7, 11) is -3.09. The van der Waals surface area contributed by atoms with Crippen molar-refractivity contribution in [2.45, 2.75) is 26.3 Å². The van der Waals surface area contributed by atoms with Crippen molar-refractivity contribution >= 4 is 15.7 Å². The second-order valence-electron chi connectivity index (χ2n) is 5.89. The molecule has 1 aliphatic rings. The SMILES string of the molecule is Cc1ccc(-c2cc(C(=O)N3CCCS(=O)(=O)CC3C)n[nH]2)o1. The van der Waals surface area contributed by atoms with E-state index in [0.717, 1.165) is 5.76 Å². The molecule has 3 heterocycles. The summed E-state index contributed by atoms with van der Waals surface area (Å²) in [5, 5.41) is 6.85. The summed E-state index contributed by atoms with van der Waals surface area (Å²) in [5.41, 5.74) is 0.886. The van der Waals surface area contributed by atoms with E-state index in [9.17, 15) is 13.2 Å².